The monoisotopic (exact) mass is 560 g/mol. The van der Waals surface area contributed by atoms with Crippen LogP contribution in [0.3, 0.4) is 0 Å². The van der Waals surface area contributed by atoms with Gasteiger partial charge in [-0.3, -0.25) is 9.80 Å². The maximum atomic E-state index is 13.5. The number of alkyl halides is 6. The lowest BCUT2D eigenvalue weighted by Crippen LogP contribution is -2.47. The van der Waals surface area contributed by atoms with E-state index in [0.717, 1.165) is 17.6 Å². The van der Waals surface area contributed by atoms with Gasteiger partial charge in [0.2, 0.25) is 0 Å². The second-order valence-corrected chi connectivity index (χ2v) is 9.65. The molecule has 0 bridgehead atoms. The number of hydrogen-bond acceptors (Lipinski definition) is 4. The van der Waals surface area contributed by atoms with Gasteiger partial charge in [0.05, 0.1) is 36.6 Å². The Morgan fingerprint density at radius 3 is 2.10 bits per heavy atom. The zero-order valence-corrected chi connectivity index (χ0v) is 22.1. The summed E-state index contributed by atoms with van der Waals surface area (Å²) >= 11 is 0. The van der Waals surface area contributed by atoms with Crippen LogP contribution in [0.25, 0.3) is 0 Å². The number of anilines is 1. The number of carbonyl (C=O) groups excluding carboxylic acids is 2. The summed E-state index contributed by atoms with van der Waals surface area (Å²) in [5.41, 5.74) is -1.54. The third kappa shape index (κ3) is 6.59. The zero-order chi connectivity index (χ0) is 29.3. The van der Waals surface area contributed by atoms with Crippen molar-refractivity contribution >= 4 is 17.9 Å². The van der Waals surface area contributed by atoms with Crippen molar-refractivity contribution in [2.75, 3.05) is 18.6 Å². The van der Waals surface area contributed by atoms with E-state index >= 15 is 0 Å². The summed E-state index contributed by atoms with van der Waals surface area (Å²) in [5.74, 6) is 0.0516. The number of ether oxygens (including phenoxy) is 2. The Morgan fingerprint density at radius 1 is 1.03 bits per heavy atom. The molecule has 2 amide bonds. The van der Waals surface area contributed by atoms with Gasteiger partial charge >= 0.3 is 24.5 Å². The number of fused-ring (bicyclic) bond motifs is 1. The van der Waals surface area contributed by atoms with Crippen LogP contribution in [-0.4, -0.2) is 36.8 Å². The van der Waals surface area contributed by atoms with Crippen molar-refractivity contribution in [1.29, 1.82) is 0 Å². The summed E-state index contributed by atoms with van der Waals surface area (Å²) < 4.78 is 91.0. The van der Waals surface area contributed by atoms with Crippen molar-refractivity contribution in [3.8, 4) is 0 Å². The molecule has 2 aromatic rings. The van der Waals surface area contributed by atoms with Crippen molar-refractivity contribution in [3.05, 3.63) is 64.2 Å². The van der Waals surface area contributed by atoms with E-state index in [1.807, 2.05) is 19.9 Å². The van der Waals surface area contributed by atoms with Gasteiger partial charge in [0.1, 0.15) is 0 Å². The maximum Gasteiger partial charge on any atom is 0.416 e. The molecule has 0 fully saturated rings. The highest BCUT2D eigenvalue weighted by atomic mass is 19.4. The molecule has 12 heteroatoms. The van der Waals surface area contributed by atoms with Crippen molar-refractivity contribution in [2.24, 2.45) is 0 Å². The first-order valence-corrected chi connectivity index (χ1v) is 12.3. The van der Waals surface area contributed by atoms with Gasteiger partial charge in [0, 0.05) is 12.6 Å². The first-order valence-electron chi connectivity index (χ1n) is 12.3. The minimum atomic E-state index is -5.04. The van der Waals surface area contributed by atoms with E-state index in [4.69, 9.17) is 9.47 Å². The molecule has 2 atom stereocenters. The summed E-state index contributed by atoms with van der Waals surface area (Å²) in [5, 5.41) is 0. The zero-order valence-electron chi connectivity index (χ0n) is 22.1. The van der Waals surface area contributed by atoms with Crippen molar-refractivity contribution in [2.45, 2.75) is 71.0 Å². The number of amides is 2. The average molecular weight is 561 g/mol. The molecule has 0 unspecified atom stereocenters. The Bertz CT molecular complexity index is 1180. The molecule has 1 heterocycles. The molecule has 3 rings (SSSR count). The van der Waals surface area contributed by atoms with E-state index in [0.29, 0.717) is 23.4 Å². The largest absolute Gasteiger partial charge is 0.453 e. The van der Waals surface area contributed by atoms with Gasteiger partial charge < -0.3 is 9.47 Å². The van der Waals surface area contributed by atoms with Crippen molar-refractivity contribution < 1.29 is 45.4 Å². The molecule has 39 heavy (non-hydrogen) atoms. The lowest BCUT2D eigenvalue weighted by Gasteiger charge is -2.42. The quantitative estimate of drug-likeness (QED) is 0.349. The average Bonchev–Trinajstić information content (AvgIpc) is 2.85. The van der Waals surface area contributed by atoms with Gasteiger partial charge in [0.15, 0.2) is 0 Å². The fraction of sp³-hybridized carbons (Fsp3) is 0.481. The smallest absolute Gasteiger partial charge is 0.416 e. The highest BCUT2D eigenvalue weighted by Gasteiger charge is 2.41. The number of nitrogens with zero attached hydrogens (tertiary/aromatic N) is 2. The van der Waals surface area contributed by atoms with Gasteiger partial charge in [-0.25, -0.2) is 9.59 Å². The Hall–Kier alpha value is -3.44. The fourth-order valence-electron chi connectivity index (χ4n) is 4.70. The van der Waals surface area contributed by atoms with Crippen molar-refractivity contribution in [1.82, 2.24) is 4.90 Å². The minimum Gasteiger partial charge on any atom is -0.453 e. The van der Waals surface area contributed by atoms with E-state index in [1.54, 1.807) is 26.0 Å². The molecule has 1 aliphatic rings. The van der Waals surface area contributed by atoms with Crippen molar-refractivity contribution in [3.63, 3.8) is 0 Å². The predicted molar refractivity (Wildman–Crippen MR) is 131 cm³/mol. The van der Waals surface area contributed by atoms with E-state index in [2.05, 4.69) is 0 Å². The molecule has 0 spiro atoms. The number of carbonyl (C=O) groups is 2. The topological polar surface area (TPSA) is 59.1 Å². The fourth-order valence-corrected chi connectivity index (χ4v) is 4.70. The summed E-state index contributed by atoms with van der Waals surface area (Å²) in [6.07, 6.45) is -11.5. The second kappa shape index (κ2) is 11.4. The third-order valence-corrected chi connectivity index (χ3v) is 6.59. The van der Waals surface area contributed by atoms with Crippen LogP contribution in [0.2, 0.25) is 0 Å². The van der Waals surface area contributed by atoms with E-state index in [1.165, 1.54) is 4.90 Å². The SMILES string of the molecule is CCOC(=O)N1c2ccc(C(C)C)cc2[C@@H](N(Cc2cc(C(F)(F)F)cc(C(F)(F)F)c2)C(=O)OC)C[C@H]1C. The molecule has 2 aromatic carbocycles. The maximum absolute atomic E-state index is 13.5. The van der Waals surface area contributed by atoms with Gasteiger partial charge in [-0.05, 0) is 67.1 Å². The molecule has 0 saturated heterocycles. The minimum absolute atomic E-state index is 0.0378. The Kier molecular flexibility index (Phi) is 8.76. The number of rotatable bonds is 5. The Labute approximate surface area is 222 Å². The summed E-state index contributed by atoms with van der Waals surface area (Å²) in [4.78, 5) is 28.3. The third-order valence-electron chi connectivity index (χ3n) is 6.59. The van der Waals surface area contributed by atoms with Gasteiger partial charge in [-0.1, -0.05) is 26.0 Å². The Balaban J connectivity index is 2.17. The van der Waals surface area contributed by atoms with Crippen LogP contribution >= 0.6 is 0 Å². The van der Waals surface area contributed by atoms with Gasteiger partial charge in [0.25, 0.3) is 0 Å². The van der Waals surface area contributed by atoms with Gasteiger partial charge in [-0.2, -0.15) is 26.3 Å². The lowest BCUT2D eigenvalue weighted by molar-refractivity contribution is -0.143. The van der Waals surface area contributed by atoms with Gasteiger partial charge in [-0.15, -0.1) is 0 Å². The van der Waals surface area contributed by atoms with Crippen LogP contribution in [0.15, 0.2) is 36.4 Å². The molecule has 0 N–H and O–H groups in total. The first kappa shape index (κ1) is 30.1. The molecule has 0 aromatic heterocycles. The highest BCUT2D eigenvalue weighted by molar-refractivity contribution is 5.90. The number of halogens is 6. The summed E-state index contributed by atoms with van der Waals surface area (Å²) in [7, 11) is 1.07. The molecular formula is C27H30F6N2O4. The van der Waals surface area contributed by atoms with E-state index < -0.39 is 54.3 Å². The van der Waals surface area contributed by atoms with Crippen LogP contribution in [0.1, 0.15) is 73.9 Å². The van der Waals surface area contributed by atoms with Crippen LogP contribution in [0.4, 0.5) is 41.6 Å². The van der Waals surface area contributed by atoms with E-state index in [-0.39, 0.29) is 30.6 Å². The highest BCUT2D eigenvalue weighted by Crippen LogP contribution is 2.43. The van der Waals surface area contributed by atoms with Crippen LogP contribution in [-0.2, 0) is 28.4 Å². The number of methoxy groups -OCH3 is 1. The summed E-state index contributed by atoms with van der Waals surface area (Å²) in [6, 6.07) is 5.17. The standard InChI is InChI=1S/C27H30F6N2O4/c1-6-39-25(37)35-16(4)9-23(21-12-18(15(2)3)7-8-22(21)35)34(24(36)38-5)14-17-10-19(26(28,29)30)13-20(11-17)27(31,32)33/h7-8,10-13,15-16,23H,6,9,14H2,1-5H3/t16-,23+/m1/s1. The van der Waals surface area contributed by atoms with Crippen LogP contribution in [0.5, 0.6) is 0 Å². The first-order chi connectivity index (χ1) is 18.1. The molecule has 0 radical (unpaired) electrons. The number of benzene rings is 2. The Morgan fingerprint density at radius 2 is 1.62 bits per heavy atom. The van der Waals surface area contributed by atoms with E-state index in [9.17, 15) is 35.9 Å². The van der Waals surface area contributed by atoms with Crippen LogP contribution in [0, 0.1) is 0 Å². The predicted octanol–water partition coefficient (Wildman–Crippen LogP) is 7.91. The molecular weight excluding hydrogens is 530 g/mol. The number of hydrogen-bond donors (Lipinski definition) is 0. The molecule has 1 aliphatic heterocycles. The molecule has 6 nitrogen and oxygen atoms in total. The second-order valence-electron chi connectivity index (χ2n) is 9.65. The molecule has 214 valence electrons. The molecule has 0 saturated carbocycles. The summed E-state index contributed by atoms with van der Waals surface area (Å²) in [6.45, 7) is 6.76. The molecule has 0 aliphatic carbocycles. The normalized spacial score (nSPS) is 17.6. The lowest BCUT2D eigenvalue weighted by atomic mass is 9.87. The van der Waals surface area contributed by atoms with Crippen LogP contribution < -0.4 is 4.90 Å².